The minimum Gasteiger partial charge on any atom is -0.389 e. The fourth-order valence-corrected chi connectivity index (χ4v) is 3.39. The Morgan fingerprint density at radius 3 is 2.81 bits per heavy atom. The monoisotopic (exact) mass is 300 g/mol. The highest BCUT2D eigenvalue weighted by atomic mass is 32.1. The molecule has 0 saturated heterocycles. The van der Waals surface area contributed by atoms with E-state index in [1.54, 1.807) is 0 Å². The first-order valence-corrected chi connectivity index (χ1v) is 7.69. The molecule has 3 rings (SSSR count). The number of aromatic nitrogens is 2. The number of hydrogen-bond donors (Lipinski definition) is 1. The predicted octanol–water partition coefficient (Wildman–Crippen LogP) is 2.84. The number of rotatable bonds is 2. The number of fused-ring (bicyclic) bond motifs is 1. The van der Waals surface area contributed by atoms with Crippen molar-refractivity contribution in [2.24, 2.45) is 12.8 Å². The Bertz CT molecular complexity index is 690. The Morgan fingerprint density at radius 1 is 1.29 bits per heavy atom. The summed E-state index contributed by atoms with van der Waals surface area (Å²) in [6, 6.07) is 8.57. The zero-order valence-corrected chi connectivity index (χ0v) is 13.3. The van der Waals surface area contributed by atoms with Crippen molar-refractivity contribution in [2.45, 2.75) is 26.2 Å². The van der Waals surface area contributed by atoms with Crippen LogP contribution in [-0.4, -0.2) is 21.3 Å². The number of nitrogens with zero attached hydrogens (tertiary/aromatic N) is 3. The normalized spacial score (nSPS) is 14.7. The molecule has 1 aromatic heterocycles. The molecule has 0 bridgehead atoms. The van der Waals surface area contributed by atoms with E-state index in [1.165, 1.54) is 17.7 Å². The predicted molar refractivity (Wildman–Crippen MR) is 90.2 cm³/mol. The largest absolute Gasteiger partial charge is 0.389 e. The molecule has 0 aliphatic carbocycles. The molecule has 4 nitrogen and oxygen atoms in total. The standard InChI is InChI=1S/C16H20N4S/c1-11-14(15(17)21)16(19(2)18-11)20-10-6-5-8-12-7-3-4-9-13(12)20/h3-4,7,9H,5-6,8,10H2,1-2H3,(H2,17,21). The summed E-state index contributed by atoms with van der Waals surface area (Å²) in [6.45, 7) is 2.92. The van der Waals surface area contributed by atoms with E-state index in [0.717, 1.165) is 36.5 Å². The third-order valence-corrected chi connectivity index (χ3v) is 4.26. The number of nitrogens with two attached hydrogens (primary N) is 1. The Balaban J connectivity index is 2.19. The second-order valence-corrected chi connectivity index (χ2v) is 5.95. The first kappa shape index (κ1) is 14.1. The molecule has 0 fully saturated rings. The summed E-state index contributed by atoms with van der Waals surface area (Å²) < 4.78 is 1.89. The lowest BCUT2D eigenvalue weighted by Crippen LogP contribution is -2.24. The molecule has 110 valence electrons. The number of hydrogen-bond acceptors (Lipinski definition) is 3. The van der Waals surface area contributed by atoms with E-state index in [4.69, 9.17) is 18.0 Å². The minimum atomic E-state index is 0.414. The third kappa shape index (κ3) is 2.42. The topological polar surface area (TPSA) is 47.1 Å². The molecular weight excluding hydrogens is 280 g/mol. The van der Waals surface area contributed by atoms with Crippen LogP contribution in [0.25, 0.3) is 0 Å². The van der Waals surface area contributed by atoms with Crippen LogP contribution in [0.1, 0.15) is 29.7 Å². The van der Waals surface area contributed by atoms with Crippen LogP contribution in [-0.2, 0) is 13.5 Å². The van der Waals surface area contributed by atoms with E-state index >= 15 is 0 Å². The lowest BCUT2D eigenvalue weighted by Gasteiger charge is -2.26. The van der Waals surface area contributed by atoms with Crippen LogP contribution >= 0.6 is 12.2 Å². The van der Waals surface area contributed by atoms with Crippen LogP contribution in [0.4, 0.5) is 11.5 Å². The maximum Gasteiger partial charge on any atom is 0.141 e. The Kier molecular flexibility index (Phi) is 3.68. The van der Waals surface area contributed by atoms with E-state index < -0.39 is 0 Å². The van der Waals surface area contributed by atoms with Crippen LogP contribution < -0.4 is 10.6 Å². The molecule has 0 spiro atoms. The van der Waals surface area contributed by atoms with E-state index in [0.29, 0.717) is 4.99 Å². The smallest absolute Gasteiger partial charge is 0.141 e. The molecule has 2 N–H and O–H groups in total. The summed E-state index contributed by atoms with van der Waals surface area (Å²) in [5, 5.41) is 4.52. The highest BCUT2D eigenvalue weighted by Gasteiger charge is 2.24. The Morgan fingerprint density at radius 2 is 2.05 bits per heavy atom. The van der Waals surface area contributed by atoms with Gasteiger partial charge >= 0.3 is 0 Å². The second kappa shape index (κ2) is 5.48. The van der Waals surface area contributed by atoms with Crippen molar-refractivity contribution in [3.63, 3.8) is 0 Å². The lowest BCUT2D eigenvalue weighted by atomic mass is 10.1. The fourth-order valence-electron chi connectivity index (χ4n) is 3.16. The van der Waals surface area contributed by atoms with Gasteiger partial charge in [-0.05, 0) is 37.8 Å². The lowest BCUT2D eigenvalue weighted by molar-refractivity contribution is 0.715. The quantitative estimate of drug-likeness (QED) is 0.866. The van der Waals surface area contributed by atoms with Gasteiger partial charge in [0, 0.05) is 19.3 Å². The average Bonchev–Trinajstić information content (AvgIpc) is 2.63. The van der Waals surface area contributed by atoms with E-state index in [-0.39, 0.29) is 0 Å². The zero-order valence-electron chi connectivity index (χ0n) is 12.5. The fraction of sp³-hybridized carbons (Fsp3) is 0.375. The molecule has 0 unspecified atom stereocenters. The molecule has 0 saturated carbocycles. The third-order valence-electron chi connectivity index (χ3n) is 4.05. The number of benzene rings is 1. The van der Waals surface area contributed by atoms with Gasteiger partial charge in [-0.1, -0.05) is 30.4 Å². The summed E-state index contributed by atoms with van der Waals surface area (Å²) >= 11 is 5.25. The van der Waals surface area contributed by atoms with Gasteiger partial charge in [0.1, 0.15) is 10.8 Å². The van der Waals surface area contributed by atoms with Crippen LogP contribution in [0.5, 0.6) is 0 Å². The van der Waals surface area contributed by atoms with Gasteiger partial charge in [-0.2, -0.15) is 5.10 Å². The summed E-state index contributed by atoms with van der Waals surface area (Å²) in [7, 11) is 1.96. The number of thiocarbonyl (C=S) groups is 1. The van der Waals surface area contributed by atoms with Gasteiger partial charge in [0.2, 0.25) is 0 Å². The van der Waals surface area contributed by atoms with Gasteiger partial charge in [-0.3, -0.25) is 4.68 Å². The van der Waals surface area contributed by atoms with Crippen molar-refractivity contribution in [3.8, 4) is 0 Å². The van der Waals surface area contributed by atoms with Gasteiger partial charge in [0.15, 0.2) is 0 Å². The van der Waals surface area contributed by atoms with Gasteiger partial charge < -0.3 is 10.6 Å². The van der Waals surface area contributed by atoms with Gasteiger partial charge in [0.05, 0.1) is 11.3 Å². The SMILES string of the molecule is Cc1nn(C)c(N2CCCCc3ccccc32)c1C(N)=S. The summed E-state index contributed by atoms with van der Waals surface area (Å²) in [4.78, 5) is 2.73. The molecule has 5 heteroatoms. The molecule has 1 aromatic carbocycles. The van der Waals surface area contributed by atoms with Crippen LogP contribution in [0.15, 0.2) is 24.3 Å². The second-order valence-electron chi connectivity index (χ2n) is 5.51. The highest BCUT2D eigenvalue weighted by molar-refractivity contribution is 7.80. The summed E-state index contributed by atoms with van der Waals surface area (Å²) in [5.74, 6) is 1.01. The van der Waals surface area contributed by atoms with E-state index in [2.05, 4.69) is 34.3 Å². The summed E-state index contributed by atoms with van der Waals surface area (Å²) in [6.07, 6.45) is 3.47. The maximum atomic E-state index is 5.95. The molecule has 0 radical (unpaired) electrons. The molecule has 0 amide bonds. The van der Waals surface area contributed by atoms with Crippen LogP contribution in [0.3, 0.4) is 0 Å². The van der Waals surface area contributed by atoms with Crippen molar-refractivity contribution in [3.05, 3.63) is 41.1 Å². The number of aryl methyl sites for hydroxylation is 3. The minimum absolute atomic E-state index is 0.414. The van der Waals surface area contributed by atoms with Crippen molar-refractivity contribution in [1.29, 1.82) is 0 Å². The van der Waals surface area contributed by atoms with Gasteiger partial charge in [-0.15, -0.1) is 0 Å². The first-order valence-electron chi connectivity index (χ1n) is 7.28. The molecule has 1 aliphatic rings. The molecule has 2 aromatic rings. The van der Waals surface area contributed by atoms with Gasteiger partial charge in [0.25, 0.3) is 0 Å². The van der Waals surface area contributed by atoms with Gasteiger partial charge in [-0.25, -0.2) is 0 Å². The van der Waals surface area contributed by atoms with Crippen molar-refractivity contribution < 1.29 is 0 Å². The maximum absolute atomic E-state index is 5.95. The molecular formula is C16H20N4S. The van der Waals surface area contributed by atoms with Crippen molar-refractivity contribution in [1.82, 2.24) is 9.78 Å². The van der Waals surface area contributed by atoms with E-state index in [9.17, 15) is 0 Å². The molecule has 0 atom stereocenters. The van der Waals surface area contributed by atoms with Crippen LogP contribution in [0.2, 0.25) is 0 Å². The van der Waals surface area contributed by atoms with E-state index in [1.807, 2.05) is 18.7 Å². The first-order chi connectivity index (χ1) is 10.1. The number of para-hydroxylation sites is 1. The van der Waals surface area contributed by atoms with Crippen LogP contribution in [0, 0.1) is 6.92 Å². The Hall–Kier alpha value is -1.88. The number of anilines is 2. The molecule has 21 heavy (non-hydrogen) atoms. The highest BCUT2D eigenvalue weighted by Crippen LogP contribution is 2.35. The van der Waals surface area contributed by atoms with Crippen molar-refractivity contribution in [2.75, 3.05) is 11.4 Å². The van der Waals surface area contributed by atoms with Crippen molar-refractivity contribution >= 4 is 28.7 Å². The zero-order chi connectivity index (χ0) is 15.0. The Labute approximate surface area is 130 Å². The average molecular weight is 300 g/mol. The summed E-state index contributed by atoms with van der Waals surface area (Å²) in [5.41, 5.74) is 10.4. The molecule has 2 heterocycles. The molecule has 1 aliphatic heterocycles.